The van der Waals surface area contributed by atoms with Crippen molar-refractivity contribution in [1.82, 2.24) is 4.98 Å². The second-order valence-corrected chi connectivity index (χ2v) is 5.26. The fraction of sp³-hybridized carbons (Fsp3) is 0.750. The van der Waals surface area contributed by atoms with Gasteiger partial charge in [0.1, 0.15) is 0 Å². The monoisotopic (exact) mass is 243 g/mol. The van der Waals surface area contributed by atoms with Gasteiger partial charge in [-0.15, -0.1) is 11.3 Å². The molecule has 1 heterocycles. The highest BCUT2D eigenvalue weighted by molar-refractivity contribution is 7.09. The minimum Gasteiger partial charge on any atom is -0.390 e. The first-order valence-electron chi connectivity index (χ1n) is 5.75. The Hall–Kier alpha value is -0.450. The second kappa shape index (κ2) is 6.33. The van der Waals surface area contributed by atoms with Gasteiger partial charge in [0.2, 0.25) is 0 Å². The van der Waals surface area contributed by atoms with Crippen LogP contribution < -0.4 is 0 Å². The fourth-order valence-electron chi connectivity index (χ4n) is 1.73. The van der Waals surface area contributed by atoms with E-state index < -0.39 is 6.10 Å². The molecular formula is C12H21NO2S. The molecule has 1 N–H and O–H groups in total. The Kier molecular flexibility index (Phi) is 5.38. The summed E-state index contributed by atoms with van der Waals surface area (Å²) < 4.78 is 5.57. The van der Waals surface area contributed by atoms with E-state index in [9.17, 15) is 5.11 Å². The van der Waals surface area contributed by atoms with Gasteiger partial charge in [-0.3, -0.25) is 0 Å². The van der Waals surface area contributed by atoms with Gasteiger partial charge in [0, 0.05) is 24.1 Å². The molecule has 16 heavy (non-hydrogen) atoms. The Bertz CT molecular complexity index is 312. The van der Waals surface area contributed by atoms with Crippen LogP contribution in [0.15, 0.2) is 5.38 Å². The van der Waals surface area contributed by atoms with Crippen molar-refractivity contribution in [1.29, 1.82) is 0 Å². The maximum Gasteiger partial charge on any atom is 0.0954 e. The largest absolute Gasteiger partial charge is 0.390 e. The Morgan fingerprint density at radius 2 is 2.19 bits per heavy atom. The molecule has 2 atom stereocenters. The molecule has 0 saturated carbocycles. The molecule has 0 aromatic carbocycles. The lowest BCUT2D eigenvalue weighted by Gasteiger charge is -2.25. The zero-order valence-electron chi connectivity index (χ0n) is 10.4. The summed E-state index contributed by atoms with van der Waals surface area (Å²) in [5, 5.41) is 13.1. The van der Waals surface area contributed by atoms with Crippen LogP contribution in [-0.2, 0) is 11.2 Å². The van der Waals surface area contributed by atoms with E-state index in [0.717, 1.165) is 10.7 Å². The molecule has 2 unspecified atom stereocenters. The van der Waals surface area contributed by atoms with Crippen LogP contribution in [0.25, 0.3) is 0 Å². The average molecular weight is 243 g/mol. The van der Waals surface area contributed by atoms with E-state index >= 15 is 0 Å². The predicted octanol–water partition coefficient (Wildman–Crippen LogP) is 2.42. The van der Waals surface area contributed by atoms with E-state index in [1.54, 1.807) is 11.3 Å². The SMILES string of the molecule is CCOC(C(C)C)C(O)Cc1nc(C)cs1. The fourth-order valence-corrected chi connectivity index (χ4v) is 2.55. The minimum absolute atomic E-state index is 0.103. The number of thiazole rings is 1. The van der Waals surface area contributed by atoms with Crippen molar-refractivity contribution in [2.45, 2.75) is 46.3 Å². The lowest BCUT2D eigenvalue weighted by molar-refractivity contribution is -0.0562. The third kappa shape index (κ3) is 3.85. The lowest BCUT2D eigenvalue weighted by atomic mass is 9.99. The summed E-state index contributed by atoms with van der Waals surface area (Å²) in [5.41, 5.74) is 1.02. The normalized spacial score (nSPS) is 15.4. The summed E-state index contributed by atoms with van der Waals surface area (Å²) in [7, 11) is 0. The van der Waals surface area contributed by atoms with Gasteiger partial charge in [0.15, 0.2) is 0 Å². The number of aryl methyl sites for hydroxylation is 1. The van der Waals surface area contributed by atoms with Gasteiger partial charge in [-0.1, -0.05) is 13.8 Å². The summed E-state index contributed by atoms with van der Waals surface area (Å²) in [4.78, 5) is 4.36. The quantitative estimate of drug-likeness (QED) is 0.834. The first-order chi connectivity index (χ1) is 7.54. The van der Waals surface area contributed by atoms with Crippen molar-refractivity contribution >= 4 is 11.3 Å². The van der Waals surface area contributed by atoms with Crippen molar-refractivity contribution in [3.8, 4) is 0 Å². The molecule has 0 aliphatic heterocycles. The molecule has 0 aliphatic carbocycles. The predicted molar refractivity (Wildman–Crippen MR) is 66.8 cm³/mol. The topological polar surface area (TPSA) is 42.4 Å². The second-order valence-electron chi connectivity index (χ2n) is 4.32. The highest BCUT2D eigenvalue weighted by Crippen LogP contribution is 2.17. The molecule has 0 radical (unpaired) electrons. The van der Waals surface area contributed by atoms with Crippen molar-refractivity contribution in [3.63, 3.8) is 0 Å². The van der Waals surface area contributed by atoms with Crippen molar-refractivity contribution in [3.05, 3.63) is 16.1 Å². The van der Waals surface area contributed by atoms with Gasteiger partial charge in [-0.25, -0.2) is 4.98 Å². The van der Waals surface area contributed by atoms with Gasteiger partial charge in [0.05, 0.1) is 17.2 Å². The van der Waals surface area contributed by atoms with E-state index in [0.29, 0.717) is 18.9 Å². The van der Waals surface area contributed by atoms with E-state index in [1.807, 2.05) is 19.2 Å². The molecule has 4 heteroatoms. The molecule has 0 amide bonds. The molecule has 0 bridgehead atoms. The molecular weight excluding hydrogens is 222 g/mol. The van der Waals surface area contributed by atoms with Crippen LogP contribution in [-0.4, -0.2) is 28.9 Å². The zero-order chi connectivity index (χ0) is 12.1. The van der Waals surface area contributed by atoms with Crippen LogP contribution in [0.5, 0.6) is 0 Å². The number of hydrogen-bond acceptors (Lipinski definition) is 4. The van der Waals surface area contributed by atoms with Crippen molar-refractivity contribution in [2.75, 3.05) is 6.61 Å². The Morgan fingerprint density at radius 3 is 2.62 bits per heavy atom. The van der Waals surface area contributed by atoms with E-state index in [2.05, 4.69) is 18.8 Å². The van der Waals surface area contributed by atoms with Gasteiger partial charge in [-0.05, 0) is 19.8 Å². The van der Waals surface area contributed by atoms with E-state index in [-0.39, 0.29) is 6.10 Å². The minimum atomic E-state index is -0.467. The Balaban J connectivity index is 2.57. The average Bonchev–Trinajstić information content (AvgIpc) is 2.59. The number of aliphatic hydroxyl groups excluding tert-OH is 1. The van der Waals surface area contributed by atoms with Gasteiger partial charge in [-0.2, -0.15) is 0 Å². The third-order valence-corrected chi connectivity index (χ3v) is 3.43. The highest BCUT2D eigenvalue weighted by atomic mass is 32.1. The molecule has 0 spiro atoms. The summed E-state index contributed by atoms with van der Waals surface area (Å²) in [6, 6.07) is 0. The first-order valence-corrected chi connectivity index (χ1v) is 6.63. The van der Waals surface area contributed by atoms with Crippen LogP contribution in [0.2, 0.25) is 0 Å². The van der Waals surface area contributed by atoms with Crippen LogP contribution in [0, 0.1) is 12.8 Å². The molecule has 0 fully saturated rings. The summed E-state index contributed by atoms with van der Waals surface area (Å²) in [6.07, 6.45) is 0.0150. The van der Waals surface area contributed by atoms with Crippen LogP contribution >= 0.6 is 11.3 Å². The first kappa shape index (κ1) is 13.6. The van der Waals surface area contributed by atoms with Gasteiger partial charge in [0.25, 0.3) is 0 Å². The maximum atomic E-state index is 10.1. The summed E-state index contributed by atoms with van der Waals surface area (Å²) in [6.45, 7) is 8.69. The molecule has 92 valence electrons. The number of aliphatic hydroxyl groups is 1. The Labute approximate surface area is 101 Å². The molecule has 3 nitrogen and oxygen atoms in total. The lowest BCUT2D eigenvalue weighted by Crippen LogP contribution is -2.35. The summed E-state index contributed by atoms with van der Waals surface area (Å²) in [5.74, 6) is 0.316. The smallest absolute Gasteiger partial charge is 0.0954 e. The maximum absolute atomic E-state index is 10.1. The number of rotatable bonds is 6. The van der Waals surface area contributed by atoms with Crippen LogP contribution in [0.4, 0.5) is 0 Å². The van der Waals surface area contributed by atoms with E-state index in [4.69, 9.17) is 4.74 Å². The van der Waals surface area contributed by atoms with Crippen LogP contribution in [0.1, 0.15) is 31.5 Å². The number of nitrogens with zero attached hydrogens (tertiary/aromatic N) is 1. The van der Waals surface area contributed by atoms with Gasteiger partial charge < -0.3 is 9.84 Å². The molecule has 1 aromatic rings. The van der Waals surface area contributed by atoms with Crippen molar-refractivity contribution < 1.29 is 9.84 Å². The number of aromatic nitrogens is 1. The Morgan fingerprint density at radius 1 is 1.50 bits per heavy atom. The zero-order valence-corrected chi connectivity index (χ0v) is 11.3. The van der Waals surface area contributed by atoms with Crippen LogP contribution in [0.3, 0.4) is 0 Å². The molecule has 0 aliphatic rings. The standard InChI is InChI=1S/C12H21NO2S/c1-5-15-12(8(2)3)10(14)6-11-13-9(4)7-16-11/h7-8,10,12,14H,5-6H2,1-4H3. The van der Waals surface area contributed by atoms with Gasteiger partial charge >= 0.3 is 0 Å². The van der Waals surface area contributed by atoms with E-state index in [1.165, 1.54) is 0 Å². The van der Waals surface area contributed by atoms with Crippen molar-refractivity contribution in [2.24, 2.45) is 5.92 Å². The number of hydrogen-bond donors (Lipinski definition) is 1. The summed E-state index contributed by atoms with van der Waals surface area (Å²) >= 11 is 1.60. The molecule has 0 saturated heterocycles. The number of ether oxygens (including phenoxy) is 1. The highest BCUT2D eigenvalue weighted by Gasteiger charge is 2.24. The third-order valence-electron chi connectivity index (χ3n) is 2.45. The molecule has 1 aromatic heterocycles. The molecule has 1 rings (SSSR count).